The molecule has 11 heteroatoms. The first-order chi connectivity index (χ1) is 17.4. The summed E-state index contributed by atoms with van der Waals surface area (Å²) in [5, 5.41) is 3.25. The van der Waals surface area contributed by atoms with Crippen LogP contribution in [0.5, 0.6) is 5.88 Å². The topological polar surface area (TPSA) is 103 Å². The third kappa shape index (κ3) is 6.61. The van der Waals surface area contributed by atoms with Crippen molar-refractivity contribution in [1.82, 2.24) is 20.2 Å². The van der Waals surface area contributed by atoms with Gasteiger partial charge in [-0.05, 0) is 29.8 Å². The number of benzene rings is 2. The lowest BCUT2D eigenvalue weighted by atomic mass is 10.1. The molecule has 0 atom stereocenters. The summed E-state index contributed by atoms with van der Waals surface area (Å²) >= 11 is 12.2. The third-order valence-electron chi connectivity index (χ3n) is 5.73. The van der Waals surface area contributed by atoms with Gasteiger partial charge in [0, 0.05) is 48.7 Å². The number of ether oxygens (including phenoxy) is 2. The summed E-state index contributed by atoms with van der Waals surface area (Å²) in [6, 6.07) is 9.72. The molecule has 2 aromatic carbocycles. The van der Waals surface area contributed by atoms with Crippen LogP contribution in [0, 0.1) is 5.82 Å². The minimum atomic E-state index is -0.553. The number of nitrogens with one attached hydrogen (secondary N) is 1. The molecule has 3 aromatic rings. The molecule has 3 N–H and O–H groups in total. The number of carbonyl (C=O) groups excluding carboxylic acids is 1. The molecule has 0 unspecified atom stereocenters. The summed E-state index contributed by atoms with van der Waals surface area (Å²) in [6.07, 6.45) is 1.76. The Labute approximate surface area is 218 Å². The molecule has 1 saturated heterocycles. The van der Waals surface area contributed by atoms with Crippen LogP contribution >= 0.6 is 23.2 Å². The highest BCUT2D eigenvalue weighted by Crippen LogP contribution is 2.28. The van der Waals surface area contributed by atoms with E-state index in [0.29, 0.717) is 34.0 Å². The first-order valence-electron chi connectivity index (χ1n) is 11.5. The average molecular weight is 534 g/mol. The Hall–Kier alpha value is -2.98. The lowest BCUT2D eigenvalue weighted by Gasteiger charge is -2.26. The van der Waals surface area contributed by atoms with Crippen LogP contribution in [0.4, 0.5) is 10.2 Å². The molecular formula is C25H26Cl2FN5O3. The van der Waals surface area contributed by atoms with Crippen molar-refractivity contribution in [2.75, 3.05) is 51.7 Å². The Bertz CT molecular complexity index is 1220. The first kappa shape index (κ1) is 26.1. The van der Waals surface area contributed by atoms with Crippen molar-refractivity contribution in [3.8, 4) is 17.1 Å². The first-order valence-corrected chi connectivity index (χ1v) is 12.2. The molecule has 36 heavy (non-hydrogen) atoms. The number of nitrogen functional groups attached to an aromatic ring is 1. The highest BCUT2D eigenvalue weighted by atomic mass is 35.5. The van der Waals surface area contributed by atoms with Gasteiger partial charge in [0.2, 0.25) is 0 Å². The van der Waals surface area contributed by atoms with Gasteiger partial charge >= 0.3 is 0 Å². The SMILES string of the molecule is Nc1ncc(-c2cccc(C(=O)NCCN3CCOCC3)c2)nc1OCCc1c(Cl)ccc(F)c1Cl. The van der Waals surface area contributed by atoms with Crippen LogP contribution in [0.1, 0.15) is 15.9 Å². The van der Waals surface area contributed by atoms with E-state index in [9.17, 15) is 9.18 Å². The number of anilines is 1. The van der Waals surface area contributed by atoms with E-state index in [1.165, 1.54) is 18.3 Å². The van der Waals surface area contributed by atoms with E-state index in [2.05, 4.69) is 20.2 Å². The number of nitrogens with two attached hydrogens (primary N) is 1. The average Bonchev–Trinajstić information content (AvgIpc) is 2.90. The van der Waals surface area contributed by atoms with E-state index in [1.807, 2.05) is 6.07 Å². The van der Waals surface area contributed by atoms with Crippen molar-refractivity contribution >= 4 is 34.9 Å². The van der Waals surface area contributed by atoms with Crippen LogP contribution < -0.4 is 15.8 Å². The number of morpholine rings is 1. The minimum absolute atomic E-state index is 0.0426. The maximum atomic E-state index is 13.7. The highest BCUT2D eigenvalue weighted by Gasteiger charge is 2.15. The Balaban J connectivity index is 1.39. The Morgan fingerprint density at radius 1 is 1.22 bits per heavy atom. The second-order valence-corrected chi connectivity index (χ2v) is 8.94. The minimum Gasteiger partial charge on any atom is -0.475 e. The zero-order valence-corrected chi connectivity index (χ0v) is 21.0. The van der Waals surface area contributed by atoms with Crippen LogP contribution in [-0.4, -0.2) is 66.8 Å². The van der Waals surface area contributed by atoms with Gasteiger partial charge in [0.25, 0.3) is 11.8 Å². The van der Waals surface area contributed by atoms with Crippen molar-refractivity contribution in [2.45, 2.75) is 6.42 Å². The molecule has 0 spiro atoms. The molecular weight excluding hydrogens is 508 g/mol. The van der Waals surface area contributed by atoms with Crippen LogP contribution in [0.15, 0.2) is 42.6 Å². The van der Waals surface area contributed by atoms with Crippen molar-refractivity contribution in [3.63, 3.8) is 0 Å². The molecule has 4 rings (SSSR count). The largest absolute Gasteiger partial charge is 0.475 e. The molecule has 8 nitrogen and oxygen atoms in total. The molecule has 0 aliphatic carbocycles. The molecule has 1 aliphatic rings. The summed E-state index contributed by atoms with van der Waals surface area (Å²) in [5.41, 5.74) is 8.06. The van der Waals surface area contributed by atoms with E-state index >= 15 is 0 Å². The lowest BCUT2D eigenvalue weighted by molar-refractivity contribution is 0.0383. The van der Waals surface area contributed by atoms with Gasteiger partial charge in [-0.3, -0.25) is 9.69 Å². The van der Waals surface area contributed by atoms with E-state index in [-0.39, 0.29) is 35.7 Å². The van der Waals surface area contributed by atoms with Crippen LogP contribution in [0.3, 0.4) is 0 Å². The fourth-order valence-corrected chi connectivity index (χ4v) is 4.31. The van der Waals surface area contributed by atoms with Crippen LogP contribution in [0.2, 0.25) is 10.0 Å². The van der Waals surface area contributed by atoms with Crippen molar-refractivity contribution in [1.29, 1.82) is 0 Å². The van der Waals surface area contributed by atoms with Gasteiger partial charge in [0.1, 0.15) is 5.82 Å². The van der Waals surface area contributed by atoms with Gasteiger partial charge in [-0.15, -0.1) is 0 Å². The standard InChI is InChI=1S/C25H26Cl2FN5O3/c26-19-4-5-20(28)22(27)18(19)6-11-36-25-23(29)31-15-21(32-25)16-2-1-3-17(14-16)24(34)30-7-8-33-9-12-35-13-10-33/h1-5,14-15H,6-13H2,(H2,29,31)(H,30,34). The predicted octanol–water partition coefficient (Wildman–Crippen LogP) is 3.86. The summed E-state index contributed by atoms with van der Waals surface area (Å²) < 4.78 is 24.8. The van der Waals surface area contributed by atoms with Gasteiger partial charge in [0.05, 0.1) is 36.7 Å². The number of halogens is 3. The second kappa shape index (κ2) is 12.3. The van der Waals surface area contributed by atoms with Gasteiger partial charge < -0.3 is 20.5 Å². The molecule has 0 bridgehead atoms. The van der Waals surface area contributed by atoms with Gasteiger partial charge in [-0.25, -0.2) is 14.4 Å². The van der Waals surface area contributed by atoms with Crippen LogP contribution in [0.25, 0.3) is 11.3 Å². The maximum absolute atomic E-state index is 13.7. The number of carbonyl (C=O) groups is 1. The monoisotopic (exact) mass is 533 g/mol. The van der Waals surface area contributed by atoms with E-state index in [1.54, 1.807) is 18.2 Å². The molecule has 0 saturated carbocycles. The van der Waals surface area contributed by atoms with Crippen molar-refractivity contribution < 1.29 is 18.7 Å². The normalized spacial score (nSPS) is 14.0. The van der Waals surface area contributed by atoms with Crippen molar-refractivity contribution in [3.05, 3.63) is 69.6 Å². The van der Waals surface area contributed by atoms with E-state index in [4.69, 9.17) is 38.4 Å². The Morgan fingerprint density at radius 3 is 2.83 bits per heavy atom. The van der Waals surface area contributed by atoms with E-state index < -0.39 is 5.82 Å². The number of hydrogen-bond donors (Lipinski definition) is 2. The van der Waals surface area contributed by atoms with E-state index in [0.717, 1.165) is 32.8 Å². The zero-order valence-electron chi connectivity index (χ0n) is 19.5. The molecule has 1 aliphatic heterocycles. The summed E-state index contributed by atoms with van der Waals surface area (Å²) in [5.74, 6) is -0.500. The lowest BCUT2D eigenvalue weighted by Crippen LogP contribution is -2.41. The highest BCUT2D eigenvalue weighted by molar-refractivity contribution is 6.36. The number of hydrogen-bond acceptors (Lipinski definition) is 7. The number of amides is 1. The summed E-state index contributed by atoms with van der Waals surface area (Å²) in [6.45, 7) is 4.60. The summed E-state index contributed by atoms with van der Waals surface area (Å²) in [4.78, 5) is 23.5. The maximum Gasteiger partial charge on any atom is 0.257 e. The smallest absolute Gasteiger partial charge is 0.257 e. The molecule has 190 valence electrons. The van der Waals surface area contributed by atoms with Crippen LogP contribution in [-0.2, 0) is 11.2 Å². The predicted molar refractivity (Wildman–Crippen MR) is 137 cm³/mol. The quantitative estimate of drug-likeness (QED) is 0.402. The third-order valence-corrected chi connectivity index (χ3v) is 6.50. The van der Waals surface area contributed by atoms with Gasteiger partial charge in [-0.1, -0.05) is 35.3 Å². The number of rotatable bonds is 9. The fraction of sp³-hybridized carbons (Fsp3) is 0.320. The molecule has 1 fully saturated rings. The molecule has 1 aromatic heterocycles. The second-order valence-electron chi connectivity index (χ2n) is 8.16. The zero-order chi connectivity index (χ0) is 25.5. The Kier molecular flexibility index (Phi) is 8.93. The molecule has 0 radical (unpaired) electrons. The molecule has 2 heterocycles. The Morgan fingerprint density at radius 2 is 2.03 bits per heavy atom. The van der Waals surface area contributed by atoms with Gasteiger partial charge in [-0.2, -0.15) is 0 Å². The number of nitrogens with zero attached hydrogens (tertiary/aromatic N) is 3. The number of aromatic nitrogens is 2. The summed E-state index contributed by atoms with van der Waals surface area (Å²) in [7, 11) is 0. The fourth-order valence-electron chi connectivity index (χ4n) is 3.75. The van der Waals surface area contributed by atoms with Gasteiger partial charge in [0.15, 0.2) is 5.82 Å². The van der Waals surface area contributed by atoms with Crippen molar-refractivity contribution in [2.24, 2.45) is 0 Å². The molecule has 1 amide bonds.